The van der Waals surface area contributed by atoms with Crippen LogP contribution in [0, 0.1) is 0 Å². The summed E-state index contributed by atoms with van der Waals surface area (Å²) < 4.78 is 15.1. The van der Waals surface area contributed by atoms with Crippen LogP contribution in [0.2, 0.25) is 0 Å². The lowest BCUT2D eigenvalue weighted by molar-refractivity contribution is 0.483. The highest BCUT2D eigenvalue weighted by atomic mass is 32.1. The van der Waals surface area contributed by atoms with Gasteiger partial charge in [0.05, 0.1) is 22.1 Å². The van der Waals surface area contributed by atoms with E-state index in [4.69, 9.17) is 4.74 Å². The van der Waals surface area contributed by atoms with Crippen LogP contribution < -0.4 is 26.0 Å². The van der Waals surface area contributed by atoms with Crippen LogP contribution in [-0.4, -0.2) is 15.8 Å². The molecule has 3 aromatic heterocycles. The van der Waals surface area contributed by atoms with E-state index >= 15 is 0 Å². The number of hydrogen-bond acceptors (Lipinski definition) is 3. The third kappa shape index (κ3) is 7.53. The van der Waals surface area contributed by atoms with E-state index in [1.54, 1.807) is 0 Å². The van der Waals surface area contributed by atoms with Gasteiger partial charge in [0.2, 0.25) is 0 Å². The Morgan fingerprint density at radius 1 is 0.429 bits per heavy atom. The minimum atomic E-state index is -0.165. The molecule has 0 bridgehead atoms. The maximum absolute atomic E-state index is 7.48. The van der Waals surface area contributed by atoms with Gasteiger partial charge in [0, 0.05) is 76.2 Å². The average Bonchev–Trinajstić information content (AvgIpc) is 4.23. The van der Waals surface area contributed by atoms with E-state index in [0.717, 1.165) is 35.7 Å². The van der Waals surface area contributed by atoms with Crippen LogP contribution in [0.4, 0.5) is 17.1 Å². The summed E-state index contributed by atoms with van der Waals surface area (Å²) in [6.45, 7) is 23.1. The van der Waals surface area contributed by atoms with E-state index in [1.807, 2.05) is 11.3 Å². The third-order valence-electron chi connectivity index (χ3n) is 17.1. The van der Waals surface area contributed by atoms with E-state index in [1.165, 1.54) is 132 Å². The number of unbranched alkanes of at least 4 members (excludes halogenated alkanes) is 2. The lowest BCUT2D eigenvalue weighted by atomic mass is 9.34. The standard InChI is InChI=1S/C71H66BN3OS/c1-11-12-13-20-43-35-67-54(51-23-16-19-26-66(51)77-67)42-61(43)75-62-40-47(73-57-24-17-14-21-49(57)52-36-44(69(2,3)4)27-33-59(52)73)29-31-55(62)72-56-32-30-48(41-64(56)76-65-39-46(71(8,9)10)38-63(75)68(65)72)74-58-25-18-15-22-50(58)53-37-45(70(5,6)7)28-34-60(53)74/h14-19,21-42H,11-13,20H2,1-10H3. The Balaban J connectivity index is 1.05. The second-order valence-corrected chi connectivity index (χ2v) is 26.3. The molecule has 380 valence electrons. The smallest absolute Gasteiger partial charge is 0.256 e. The molecule has 12 aromatic rings. The number of fused-ring (bicyclic) bond motifs is 13. The van der Waals surface area contributed by atoms with Crippen molar-refractivity contribution >= 4 is 115 Å². The summed E-state index contributed by atoms with van der Waals surface area (Å²) in [7, 11) is 0. The van der Waals surface area contributed by atoms with Crippen molar-refractivity contribution in [1.82, 2.24) is 9.13 Å². The summed E-state index contributed by atoms with van der Waals surface area (Å²) in [6.07, 6.45) is 4.48. The molecule has 0 spiro atoms. The summed E-state index contributed by atoms with van der Waals surface area (Å²) in [4.78, 5) is 2.66. The molecule has 4 nitrogen and oxygen atoms in total. The Morgan fingerprint density at radius 3 is 1.62 bits per heavy atom. The summed E-state index contributed by atoms with van der Waals surface area (Å²) in [5.41, 5.74) is 19.6. The topological polar surface area (TPSA) is 22.3 Å². The van der Waals surface area contributed by atoms with Crippen molar-refractivity contribution in [3.8, 4) is 22.9 Å². The van der Waals surface area contributed by atoms with E-state index in [2.05, 4.69) is 253 Å². The second-order valence-electron chi connectivity index (χ2n) is 25.2. The molecule has 0 fully saturated rings. The van der Waals surface area contributed by atoms with Gasteiger partial charge in [-0.1, -0.05) is 161 Å². The third-order valence-corrected chi connectivity index (χ3v) is 18.2. The van der Waals surface area contributed by atoms with Crippen LogP contribution in [0.1, 0.15) is 111 Å². The lowest BCUT2D eigenvalue weighted by Gasteiger charge is -2.42. The zero-order valence-electron chi connectivity index (χ0n) is 46.2. The van der Waals surface area contributed by atoms with Gasteiger partial charge in [0.1, 0.15) is 11.5 Å². The molecule has 0 aliphatic carbocycles. The Morgan fingerprint density at radius 2 is 1.00 bits per heavy atom. The van der Waals surface area contributed by atoms with Crippen LogP contribution in [-0.2, 0) is 22.7 Å². The minimum absolute atomic E-state index is 0.0198. The molecule has 0 N–H and O–H groups in total. The maximum Gasteiger partial charge on any atom is 0.256 e. The molecule has 0 atom stereocenters. The van der Waals surface area contributed by atoms with Gasteiger partial charge in [-0.3, -0.25) is 0 Å². The highest BCUT2D eigenvalue weighted by Crippen LogP contribution is 2.49. The Labute approximate surface area is 457 Å². The lowest BCUT2D eigenvalue weighted by Crippen LogP contribution is -2.59. The number of aromatic nitrogens is 2. The number of aryl methyl sites for hydroxylation is 1. The minimum Gasteiger partial charge on any atom is -0.458 e. The number of thiophene rings is 1. The molecule has 0 radical (unpaired) electrons. The largest absolute Gasteiger partial charge is 0.458 e. The normalized spacial score (nSPS) is 13.6. The van der Waals surface area contributed by atoms with Crippen molar-refractivity contribution < 1.29 is 4.74 Å². The summed E-state index contributed by atoms with van der Waals surface area (Å²) in [6, 6.07) is 65.3. The van der Waals surface area contributed by atoms with Crippen LogP contribution in [0.25, 0.3) is 75.2 Å². The van der Waals surface area contributed by atoms with Crippen LogP contribution in [0.3, 0.4) is 0 Å². The second kappa shape index (κ2) is 17.2. The molecule has 2 aliphatic heterocycles. The fourth-order valence-corrected chi connectivity index (χ4v) is 14.1. The zero-order valence-corrected chi connectivity index (χ0v) is 47.0. The van der Waals surface area contributed by atoms with Crippen molar-refractivity contribution in [2.24, 2.45) is 0 Å². The molecule has 0 amide bonds. The summed E-state index contributed by atoms with van der Waals surface area (Å²) in [5.74, 6) is 1.84. The van der Waals surface area contributed by atoms with Crippen LogP contribution in [0.15, 0.2) is 170 Å². The van der Waals surface area contributed by atoms with Gasteiger partial charge in [-0.25, -0.2) is 0 Å². The molecular weight excluding hydrogens is 954 g/mol. The Hall–Kier alpha value is -7.54. The predicted octanol–water partition coefficient (Wildman–Crippen LogP) is 18.3. The molecule has 14 rings (SSSR count). The van der Waals surface area contributed by atoms with Gasteiger partial charge in [0.15, 0.2) is 0 Å². The van der Waals surface area contributed by atoms with Crippen molar-refractivity contribution in [2.45, 2.75) is 111 Å². The average molecular weight is 1020 g/mol. The zero-order chi connectivity index (χ0) is 52.9. The number of rotatable bonds is 7. The van der Waals surface area contributed by atoms with Crippen molar-refractivity contribution in [3.05, 3.63) is 192 Å². The van der Waals surface area contributed by atoms with Gasteiger partial charge >= 0.3 is 0 Å². The van der Waals surface area contributed by atoms with Gasteiger partial charge in [-0.15, -0.1) is 11.3 Å². The first-order valence-corrected chi connectivity index (χ1v) is 28.8. The number of ether oxygens (including phenoxy) is 1. The van der Waals surface area contributed by atoms with E-state index < -0.39 is 0 Å². The van der Waals surface area contributed by atoms with Gasteiger partial charge in [-0.2, -0.15) is 0 Å². The molecular formula is C71H66BN3OS. The number of hydrogen-bond donors (Lipinski definition) is 0. The first kappa shape index (κ1) is 47.9. The fraction of sp³-hybridized carbons (Fsp3) is 0.239. The van der Waals surface area contributed by atoms with Gasteiger partial charge < -0.3 is 18.8 Å². The number of anilines is 3. The van der Waals surface area contributed by atoms with Crippen LogP contribution in [0.5, 0.6) is 11.5 Å². The SMILES string of the molecule is CCCCCc1cc2sc3ccccc3c2cc1N1c2cc(-n3c4ccccc4c4cc(C(C)(C)C)ccc43)ccc2B2c3ccc(-n4c5ccccc5c5cc(C(C)(C)C)ccc54)cc3Oc3cc(C(C)(C)C)cc1c32. The fourth-order valence-electron chi connectivity index (χ4n) is 12.9. The first-order valence-electron chi connectivity index (χ1n) is 28.0. The molecule has 0 unspecified atom stereocenters. The Bertz CT molecular complexity index is 4410. The quantitative estimate of drug-likeness (QED) is 0.117. The van der Waals surface area contributed by atoms with E-state index in [0.29, 0.717) is 0 Å². The molecule has 5 heterocycles. The molecule has 0 saturated heterocycles. The number of para-hydroxylation sites is 2. The molecule has 2 aliphatic rings. The molecule has 0 saturated carbocycles. The van der Waals surface area contributed by atoms with E-state index in [-0.39, 0.29) is 23.0 Å². The van der Waals surface area contributed by atoms with Crippen molar-refractivity contribution in [2.75, 3.05) is 4.90 Å². The highest BCUT2D eigenvalue weighted by Gasteiger charge is 2.44. The monoisotopic (exact) mass is 1020 g/mol. The number of benzene rings is 9. The predicted molar refractivity (Wildman–Crippen MR) is 333 cm³/mol. The first-order chi connectivity index (χ1) is 37.0. The van der Waals surface area contributed by atoms with Gasteiger partial charge in [-0.05, 0) is 153 Å². The number of nitrogens with zero attached hydrogens (tertiary/aromatic N) is 3. The maximum atomic E-state index is 7.48. The summed E-state index contributed by atoms with van der Waals surface area (Å²) in [5, 5.41) is 7.71. The molecule has 77 heavy (non-hydrogen) atoms. The summed E-state index contributed by atoms with van der Waals surface area (Å²) >= 11 is 1.92. The van der Waals surface area contributed by atoms with Crippen molar-refractivity contribution in [3.63, 3.8) is 0 Å². The van der Waals surface area contributed by atoms with E-state index in [9.17, 15) is 0 Å². The van der Waals surface area contributed by atoms with Crippen LogP contribution >= 0.6 is 11.3 Å². The highest BCUT2D eigenvalue weighted by molar-refractivity contribution is 7.25. The molecule has 9 aromatic carbocycles. The Kier molecular flexibility index (Phi) is 10.7. The van der Waals surface area contributed by atoms with Crippen molar-refractivity contribution in [1.29, 1.82) is 0 Å². The van der Waals surface area contributed by atoms with Gasteiger partial charge in [0.25, 0.3) is 6.71 Å². The molecule has 6 heteroatoms.